The van der Waals surface area contributed by atoms with Gasteiger partial charge in [-0.05, 0) is 18.4 Å². The minimum atomic E-state index is 0.757. The Labute approximate surface area is 70.4 Å². The molecule has 0 amide bonds. The van der Waals surface area contributed by atoms with Gasteiger partial charge in [0, 0.05) is 0 Å². The van der Waals surface area contributed by atoms with Crippen LogP contribution < -0.4 is 5.73 Å². The van der Waals surface area contributed by atoms with Crippen molar-refractivity contribution in [3.63, 3.8) is 0 Å². The number of nitrogens with two attached hydrogens (primary N) is 1. The largest absolute Gasteiger partial charge is 0.330 e. The summed E-state index contributed by atoms with van der Waals surface area (Å²) in [6, 6.07) is 0. The van der Waals surface area contributed by atoms with E-state index in [0.717, 1.165) is 18.4 Å². The molecule has 1 unspecified atom stereocenters. The van der Waals surface area contributed by atoms with Crippen molar-refractivity contribution >= 4 is 0 Å². The van der Waals surface area contributed by atoms with E-state index in [0.29, 0.717) is 0 Å². The van der Waals surface area contributed by atoms with Crippen LogP contribution in [0.5, 0.6) is 0 Å². The highest BCUT2D eigenvalue weighted by molar-refractivity contribution is 4.70. The fourth-order valence-electron chi connectivity index (χ4n) is 2.07. The van der Waals surface area contributed by atoms with E-state index in [2.05, 4.69) is 6.92 Å². The van der Waals surface area contributed by atoms with Gasteiger partial charge in [0.15, 0.2) is 0 Å². The monoisotopic (exact) mass is 155 g/mol. The third kappa shape index (κ3) is 2.82. The highest BCUT2D eigenvalue weighted by Crippen LogP contribution is 2.28. The summed E-state index contributed by atoms with van der Waals surface area (Å²) < 4.78 is 0. The normalized spacial score (nSPS) is 24.5. The lowest BCUT2D eigenvalue weighted by atomic mass is 9.88. The van der Waals surface area contributed by atoms with Crippen LogP contribution >= 0.6 is 0 Å². The summed E-state index contributed by atoms with van der Waals surface area (Å²) in [5, 5.41) is 0. The predicted octanol–water partition coefficient (Wildman–Crippen LogP) is 2.55. The van der Waals surface area contributed by atoms with Crippen molar-refractivity contribution in [2.24, 2.45) is 17.6 Å². The lowest BCUT2D eigenvalue weighted by Crippen LogP contribution is -2.20. The average molecular weight is 155 g/mol. The molecule has 1 fully saturated rings. The van der Waals surface area contributed by atoms with Crippen LogP contribution in [-0.2, 0) is 0 Å². The van der Waals surface area contributed by atoms with Crippen LogP contribution in [0.25, 0.3) is 0 Å². The first-order valence-electron chi connectivity index (χ1n) is 5.04. The van der Waals surface area contributed by atoms with Crippen molar-refractivity contribution in [1.29, 1.82) is 0 Å². The molecule has 0 radical (unpaired) electrons. The molecule has 0 heterocycles. The van der Waals surface area contributed by atoms with Gasteiger partial charge in [0.05, 0.1) is 0 Å². The first-order chi connectivity index (χ1) is 5.34. The second-order valence-electron chi connectivity index (χ2n) is 3.96. The van der Waals surface area contributed by atoms with Crippen LogP contribution in [0, 0.1) is 11.8 Å². The molecule has 0 aromatic heterocycles. The van der Waals surface area contributed by atoms with E-state index in [1.807, 2.05) is 0 Å². The Morgan fingerprint density at radius 1 is 1.18 bits per heavy atom. The molecule has 1 nitrogen and oxygen atoms in total. The molecular weight excluding hydrogens is 134 g/mol. The molecule has 11 heavy (non-hydrogen) atoms. The summed E-state index contributed by atoms with van der Waals surface area (Å²) in [7, 11) is 0. The Balaban J connectivity index is 2.30. The Hall–Kier alpha value is -0.0400. The maximum Gasteiger partial charge on any atom is -0.00489 e. The molecule has 0 spiro atoms. The van der Waals surface area contributed by atoms with E-state index in [-0.39, 0.29) is 0 Å². The van der Waals surface area contributed by atoms with Gasteiger partial charge in [-0.2, -0.15) is 0 Å². The maximum absolute atomic E-state index is 5.65. The van der Waals surface area contributed by atoms with Gasteiger partial charge < -0.3 is 5.73 Å². The first kappa shape index (κ1) is 9.05. The molecule has 1 atom stereocenters. The lowest BCUT2D eigenvalue weighted by molar-refractivity contribution is 0.327. The minimum Gasteiger partial charge on any atom is -0.330 e. The lowest BCUT2D eigenvalue weighted by Gasteiger charge is -2.20. The van der Waals surface area contributed by atoms with Crippen molar-refractivity contribution in [3.05, 3.63) is 0 Å². The molecule has 1 rings (SSSR count). The molecule has 1 saturated carbocycles. The van der Waals surface area contributed by atoms with Gasteiger partial charge in [0.2, 0.25) is 0 Å². The van der Waals surface area contributed by atoms with Gasteiger partial charge in [-0.3, -0.25) is 0 Å². The van der Waals surface area contributed by atoms with Crippen LogP contribution in [0.3, 0.4) is 0 Å². The Bertz CT molecular complexity index is 93.0. The van der Waals surface area contributed by atoms with Gasteiger partial charge in [-0.25, -0.2) is 0 Å². The van der Waals surface area contributed by atoms with Gasteiger partial charge in [-0.15, -0.1) is 0 Å². The third-order valence-electron chi connectivity index (χ3n) is 3.08. The number of rotatable bonds is 2. The molecule has 1 aliphatic rings. The molecule has 66 valence electrons. The zero-order chi connectivity index (χ0) is 8.10. The number of hydrogen-bond donors (Lipinski definition) is 1. The SMILES string of the molecule is CC(CN)C1CCCCCC1. The van der Waals surface area contributed by atoms with E-state index in [9.17, 15) is 0 Å². The average Bonchev–Trinajstić information content (AvgIpc) is 2.30. The topological polar surface area (TPSA) is 26.0 Å². The smallest absolute Gasteiger partial charge is 0.00489 e. The van der Waals surface area contributed by atoms with Crippen molar-refractivity contribution in [2.45, 2.75) is 45.4 Å². The van der Waals surface area contributed by atoms with Gasteiger partial charge >= 0.3 is 0 Å². The predicted molar refractivity (Wildman–Crippen MR) is 49.4 cm³/mol. The molecule has 0 aromatic rings. The van der Waals surface area contributed by atoms with Crippen LogP contribution in [0.4, 0.5) is 0 Å². The summed E-state index contributed by atoms with van der Waals surface area (Å²) in [5.74, 6) is 1.69. The fraction of sp³-hybridized carbons (Fsp3) is 1.00. The van der Waals surface area contributed by atoms with Crippen LogP contribution in [0.1, 0.15) is 45.4 Å². The van der Waals surface area contributed by atoms with Crippen LogP contribution in [0.2, 0.25) is 0 Å². The third-order valence-corrected chi connectivity index (χ3v) is 3.08. The maximum atomic E-state index is 5.65. The minimum absolute atomic E-state index is 0.757. The van der Waals surface area contributed by atoms with E-state index < -0.39 is 0 Å². The van der Waals surface area contributed by atoms with E-state index in [4.69, 9.17) is 5.73 Å². The second kappa shape index (κ2) is 4.76. The second-order valence-corrected chi connectivity index (χ2v) is 3.96. The molecule has 1 heteroatoms. The first-order valence-corrected chi connectivity index (χ1v) is 5.04. The Morgan fingerprint density at radius 2 is 1.73 bits per heavy atom. The van der Waals surface area contributed by atoms with E-state index in [1.54, 1.807) is 0 Å². The quantitative estimate of drug-likeness (QED) is 0.609. The van der Waals surface area contributed by atoms with Gasteiger partial charge in [0.1, 0.15) is 0 Å². The Kier molecular flexibility index (Phi) is 3.92. The summed E-state index contributed by atoms with van der Waals surface area (Å²) >= 11 is 0. The van der Waals surface area contributed by atoms with Crippen LogP contribution in [0.15, 0.2) is 0 Å². The molecule has 0 saturated heterocycles. The standard InChI is InChI=1S/C10H21N/c1-9(8-11)10-6-4-2-3-5-7-10/h9-10H,2-8,11H2,1H3. The summed E-state index contributed by atoms with van der Waals surface area (Å²) in [4.78, 5) is 0. The number of hydrogen-bond acceptors (Lipinski definition) is 1. The Morgan fingerprint density at radius 3 is 2.18 bits per heavy atom. The molecule has 1 aliphatic carbocycles. The van der Waals surface area contributed by atoms with Gasteiger partial charge in [-0.1, -0.05) is 45.4 Å². The van der Waals surface area contributed by atoms with Crippen molar-refractivity contribution in [2.75, 3.05) is 6.54 Å². The fourth-order valence-corrected chi connectivity index (χ4v) is 2.07. The summed E-state index contributed by atoms with van der Waals surface area (Å²) in [5.41, 5.74) is 5.65. The van der Waals surface area contributed by atoms with Crippen LogP contribution in [-0.4, -0.2) is 6.54 Å². The molecule has 0 bridgehead atoms. The summed E-state index contributed by atoms with van der Waals surface area (Å²) in [6.07, 6.45) is 8.64. The van der Waals surface area contributed by atoms with Crippen molar-refractivity contribution in [1.82, 2.24) is 0 Å². The highest BCUT2D eigenvalue weighted by Gasteiger charge is 2.17. The summed E-state index contributed by atoms with van der Waals surface area (Å²) in [6.45, 7) is 3.18. The molecule has 2 N–H and O–H groups in total. The molecule has 0 aromatic carbocycles. The molecular formula is C10H21N. The van der Waals surface area contributed by atoms with Gasteiger partial charge in [0.25, 0.3) is 0 Å². The zero-order valence-electron chi connectivity index (χ0n) is 7.68. The van der Waals surface area contributed by atoms with Crippen molar-refractivity contribution < 1.29 is 0 Å². The highest BCUT2D eigenvalue weighted by atomic mass is 14.5. The molecule has 0 aliphatic heterocycles. The van der Waals surface area contributed by atoms with E-state index >= 15 is 0 Å². The zero-order valence-corrected chi connectivity index (χ0v) is 7.68. The van der Waals surface area contributed by atoms with Crippen molar-refractivity contribution in [3.8, 4) is 0 Å². The van der Waals surface area contributed by atoms with E-state index in [1.165, 1.54) is 38.5 Å².